The Labute approximate surface area is 154 Å². The summed E-state index contributed by atoms with van der Waals surface area (Å²) in [6, 6.07) is 3.68. The molecule has 2 heterocycles. The number of carbonyl (C=O) groups excluding carboxylic acids is 2. The number of esters is 1. The minimum Gasteiger partial charge on any atom is -0.467 e. The van der Waals surface area contributed by atoms with Crippen LogP contribution < -0.4 is 5.32 Å². The van der Waals surface area contributed by atoms with Gasteiger partial charge in [-0.05, 0) is 32.4 Å². The molecule has 1 amide bonds. The third-order valence-electron chi connectivity index (χ3n) is 3.56. The maximum absolute atomic E-state index is 12.7. The van der Waals surface area contributed by atoms with Crippen LogP contribution in [0.25, 0.3) is 9.88 Å². The molecule has 1 atom stereocenters. The Hall–Kier alpha value is -1.44. The predicted octanol–water partition coefficient (Wildman–Crippen LogP) is 4.30. The Morgan fingerprint density at radius 3 is 2.62 bits per heavy atom. The molecule has 24 heavy (non-hydrogen) atoms. The van der Waals surface area contributed by atoms with Gasteiger partial charge >= 0.3 is 5.97 Å². The first-order valence-electron chi connectivity index (χ1n) is 7.44. The van der Waals surface area contributed by atoms with E-state index in [1.807, 2.05) is 13.0 Å². The molecule has 0 aliphatic rings. The second kappa shape index (κ2) is 7.63. The van der Waals surface area contributed by atoms with Crippen molar-refractivity contribution in [2.24, 2.45) is 0 Å². The van der Waals surface area contributed by atoms with Crippen LogP contribution in [0.15, 0.2) is 12.1 Å². The maximum Gasteiger partial charge on any atom is 0.331 e. The van der Waals surface area contributed by atoms with Gasteiger partial charge in [-0.2, -0.15) is 0 Å². The summed E-state index contributed by atoms with van der Waals surface area (Å²) < 4.78 is 5.50. The zero-order chi connectivity index (χ0) is 17.9. The van der Waals surface area contributed by atoms with Crippen molar-refractivity contribution >= 4 is 46.2 Å². The maximum atomic E-state index is 12.7. The van der Waals surface area contributed by atoms with Gasteiger partial charge in [0, 0.05) is 0 Å². The van der Waals surface area contributed by atoms with Crippen molar-refractivity contribution in [3.63, 3.8) is 0 Å². The predicted molar refractivity (Wildman–Crippen MR) is 98.0 cm³/mol. The molecule has 2 aromatic rings. The fraction of sp³-hybridized carbons (Fsp3) is 0.438. The van der Waals surface area contributed by atoms with Crippen molar-refractivity contribution in [3.8, 4) is 9.88 Å². The molecule has 5 nitrogen and oxygen atoms in total. The molecule has 0 aliphatic carbocycles. The number of hydrogen-bond acceptors (Lipinski definition) is 6. The van der Waals surface area contributed by atoms with Gasteiger partial charge in [0.25, 0.3) is 5.91 Å². The molecule has 0 aromatic carbocycles. The first-order valence-corrected chi connectivity index (χ1v) is 9.46. The highest BCUT2D eigenvalue weighted by Crippen LogP contribution is 2.35. The third kappa shape index (κ3) is 3.96. The second-order valence-electron chi connectivity index (χ2n) is 5.57. The van der Waals surface area contributed by atoms with Crippen molar-refractivity contribution in [3.05, 3.63) is 27.0 Å². The summed E-state index contributed by atoms with van der Waals surface area (Å²) in [5, 5.41) is 3.55. The number of thiophene rings is 1. The number of thiazole rings is 1. The number of hydrogen-bond donors (Lipinski definition) is 1. The molecule has 8 heteroatoms. The lowest BCUT2D eigenvalue weighted by atomic mass is 9.96. The van der Waals surface area contributed by atoms with E-state index in [0.717, 1.165) is 16.3 Å². The first kappa shape index (κ1) is 18.9. The average Bonchev–Trinajstić information content (AvgIpc) is 3.12. The van der Waals surface area contributed by atoms with E-state index in [2.05, 4.69) is 10.3 Å². The van der Waals surface area contributed by atoms with Crippen LogP contribution in [0.5, 0.6) is 0 Å². The van der Waals surface area contributed by atoms with Gasteiger partial charge in [-0.1, -0.05) is 24.9 Å². The van der Waals surface area contributed by atoms with E-state index in [0.29, 0.717) is 21.3 Å². The smallest absolute Gasteiger partial charge is 0.331 e. The van der Waals surface area contributed by atoms with E-state index in [1.54, 1.807) is 19.9 Å². The lowest BCUT2D eigenvalue weighted by Crippen LogP contribution is -2.52. The van der Waals surface area contributed by atoms with Crippen LogP contribution in [-0.4, -0.2) is 29.5 Å². The van der Waals surface area contributed by atoms with Crippen molar-refractivity contribution < 1.29 is 14.3 Å². The molecule has 0 saturated carbocycles. The number of rotatable bonds is 6. The minimum atomic E-state index is -1.05. The molecule has 0 bridgehead atoms. The van der Waals surface area contributed by atoms with Gasteiger partial charge < -0.3 is 10.1 Å². The van der Waals surface area contributed by atoms with Crippen LogP contribution in [0.4, 0.5) is 0 Å². The highest BCUT2D eigenvalue weighted by Gasteiger charge is 2.36. The fourth-order valence-electron chi connectivity index (χ4n) is 2.39. The van der Waals surface area contributed by atoms with Crippen molar-refractivity contribution in [1.29, 1.82) is 0 Å². The Kier molecular flexibility index (Phi) is 6.01. The topological polar surface area (TPSA) is 68.3 Å². The van der Waals surface area contributed by atoms with Crippen LogP contribution in [-0.2, 0) is 9.53 Å². The standard InChI is InChI=1S/C16H19ClN2O3S2/c1-5-8-16(3,15(21)22-4)19-13(20)12-9(2)18-14(24-12)10-6-7-11(17)23-10/h6-7H,5,8H2,1-4H3,(H,19,20). The van der Waals surface area contributed by atoms with E-state index in [-0.39, 0.29) is 5.91 Å². The minimum absolute atomic E-state index is 0.319. The van der Waals surface area contributed by atoms with Crippen LogP contribution in [0.1, 0.15) is 42.1 Å². The van der Waals surface area contributed by atoms with Crippen molar-refractivity contribution in [2.45, 2.75) is 39.2 Å². The first-order chi connectivity index (χ1) is 11.3. The van der Waals surface area contributed by atoms with Crippen LogP contribution in [0.2, 0.25) is 4.34 Å². The lowest BCUT2D eigenvalue weighted by molar-refractivity contribution is -0.147. The van der Waals surface area contributed by atoms with Gasteiger partial charge in [-0.3, -0.25) is 4.79 Å². The van der Waals surface area contributed by atoms with Crippen LogP contribution in [0, 0.1) is 6.92 Å². The zero-order valence-corrected chi connectivity index (χ0v) is 16.3. The molecule has 0 fully saturated rings. The Morgan fingerprint density at radius 1 is 1.38 bits per heavy atom. The summed E-state index contributed by atoms with van der Waals surface area (Å²) in [6.45, 7) is 5.40. The van der Waals surface area contributed by atoms with E-state index < -0.39 is 11.5 Å². The number of aryl methyl sites for hydroxylation is 1. The van der Waals surface area contributed by atoms with Crippen LogP contribution in [0.3, 0.4) is 0 Å². The summed E-state index contributed by atoms with van der Waals surface area (Å²) in [7, 11) is 1.32. The van der Waals surface area contributed by atoms with Crippen molar-refractivity contribution in [2.75, 3.05) is 7.11 Å². The monoisotopic (exact) mass is 386 g/mol. The van der Waals surface area contributed by atoms with Gasteiger partial charge in [0.05, 0.1) is 22.0 Å². The van der Waals surface area contributed by atoms with E-state index in [9.17, 15) is 9.59 Å². The summed E-state index contributed by atoms with van der Waals surface area (Å²) in [4.78, 5) is 30.5. The lowest BCUT2D eigenvalue weighted by Gasteiger charge is -2.27. The largest absolute Gasteiger partial charge is 0.467 e. The molecule has 130 valence electrons. The average molecular weight is 387 g/mol. The van der Waals surface area contributed by atoms with Gasteiger partial charge in [-0.25, -0.2) is 9.78 Å². The number of halogens is 1. The number of nitrogens with zero attached hydrogens (tertiary/aromatic N) is 1. The molecular weight excluding hydrogens is 368 g/mol. The number of amides is 1. The van der Waals surface area contributed by atoms with E-state index in [4.69, 9.17) is 16.3 Å². The third-order valence-corrected chi connectivity index (χ3v) is 6.12. The summed E-state index contributed by atoms with van der Waals surface area (Å²) in [5.41, 5.74) is -0.426. The molecule has 0 spiro atoms. The molecular formula is C16H19ClN2O3S2. The van der Waals surface area contributed by atoms with Gasteiger partial charge in [0.1, 0.15) is 15.4 Å². The zero-order valence-electron chi connectivity index (χ0n) is 13.9. The highest BCUT2D eigenvalue weighted by atomic mass is 35.5. The van der Waals surface area contributed by atoms with E-state index in [1.165, 1.54) is 29.8 Å². The molecule has 1 unspecified atom stereocenters. The number of aromatic nitrogens is 1. The summed E-state index contributed by atoms with van der Waals surface area (Å²) in [6.07, 6.45) is 1.24. The van der Waals surface area contributed by atoms with Gasteiger partial charge in [0.15, 0.2) is 0 Å². The SMILES string of the molecule is CCCC(C)(NC(=O)c1sc(-c2ccc(Cl)s2)nc1C)C(=O)OC. The van der Waals surface area contributed by atoms with Crippen molar-refractivity contribution in [1.82, 2.24) is 10.3 Å². The molecule has 0 radical (unpaired) electrons. The van der Waals surface area contributed by atoms with E-state index >= 15 is 0 Å². The fourth-order valence-corrected chi connectivity index (χ4v) is 4.45. The normalized spacial score (nSPS) is 13.4. The second-order valence-corrected chi connectivity index (χ2v) is 8.28. The van der Waals surface area contributed by atoms with Gasteiger partial charge in [0.2, 0.25) is 0 Å². The van der Waals surface area contributed by atoms with Crippen LogP contribution >= 0.6 is 34.3 Å². The quantitative estimate of drug-likeness (QED) is 0.751. The molecule has 2 aromatic heterocycles. The summed E-state index contributed by atoms with van der Waals surface area (Å²) in [5.74, 6) is -0.773. The number of carbonyl (C=O) groups is 2. The molecule has 1 N–H and O–H groups in total. The number of nitrogens with one attached hydrogen (secondary N) is 1. The molecule has 2 rings (SSSR count). The number of methoxy groups -OCH3 is 1. The Balaban J connectivity index is 2.26. The molecule has 0 saturated heterocycles. The highest BCUT2D eigenvalue weighted by molar-refractivity contribution is 7.24. The van der Waals surface area contributed by atoms with Gasteiger partial charge in [-0.15, -0.1) is 22.7 Å². The Morgan fingerprint density at radius 2 is 2.08 bits per heavy atom. The Bertz CT molecular complexity index is 756. The number of ether oxygens (including phenoxy) is 1. The molecule has 0 aliphatic heterocycles. The summed E-state index contributed by atoms with van der Waals surface area (Å²) >= 11 is 8.66.